The first-order valence-corrected chi connectivity index (χ1v) is 4.45. The summed E-state index contributed by atoms with van der Waals surface area (Å²) in [6, 6.07) is -0.263. The molecule has 1 aromatic heterocycles. The van der Waals surface area contributed by atoms with Crippen LogP contribution in [0.25, 0.3) is 0 Å². The minimum absolute atomic E-state index is 0.242. The zero-order valence-corrected chi connectivity index (χ0v) is 8.31. The highest BCUT2D eigenvalue weighted by Crippen LogP contribution is 2.17. The van der Waals surface area contributed by atoms with Gasteiger partial charge in [-0.1, -0.05) is 13.8 Å². The van der Waals surface area contributed by atoms with Crippen molar-refractivity contribution in [1.29, 1.82) is 0 Å². The number of aliphatic hydroxyl groups excluding tert-OH is 1. The lowest BCUT2D eigenvalue weighted by Crippen LogP contribution is -2.34. The van der Waals surface area contributed by atoms with Gasteiger partial charge in [-0.25, -0.2) is 4.98 Å². The van der Waals surface area contributed by atoms with Gasteiger partial charge in [0.25, 0.3) is 0 Å². The first-order valence-electron chi connectivity index (χ1n) is 4.45. The van der Waals surface area contributed by atoms with Crippen LogP contribution in [-0.2, 0) is 7.05 Å². The molecule has 2 atom stereocenters. The molecule has 1 aromatic rings. The molecule has 1 heterocycles. The van der Waals surface area contributed by atoms with E-state index in [0.29, 0.717) is 5.82 Å². The molecule has 0 aromatic carbocycles. The summed E-state index contributed by atoms with van der Waals surface area (Å²) in [5, 5.41) is 9.82. The van der Waals surface area contributed by atoms with Crippen LogP contribution < -0.4 is 5.73 Å². The molecule has 74 valence electrons. The van der Waals surface area contributed by atoms with Crippen LogP contribution in [0.4, 0.5) is 0 Å². The molecule has 0 saturated heterocycles. The number of aryl methyl sites for hydroxylation is 1. The lowest BCUT2D eigenvalue weighted by atomic mass is 9.99. The van der Waals surface area contributed by atoms with Crippen LogP contribution in [0.3, 0.4) is 0 Å². The fourth-order valence-electron chi connectivity index (χ4n) is 1.20. The molecular weight excluding hydrogens is 166 g/mol. The smallest absolute Gasteiger partial charge is 0.138 e. The maximum absolute atomic E-state index is 9.82. The Balaban J connectivity index is 2.79. The van der Waals surface area contributed by atoms with Crippen molar-refractivity contribution in [3.8, 4) is 0 Å². The molecule has 0 spiro atoms. The Labute approximate surface area is 78.4 Å². The fourth-order valence-corrected chi connectivity index (χ4v) is 1.20. The van der Waals surface area contributed by atoms with Crippen molar-refractivity contribution >= 4 is 0 Å². The molecule has 0 amide bonds. The average Bonchev–Trinajstić information content (AvgIpc) is 2.48. The molecule has 0 aliphatic rings. The summed E-state index contributed by atoms with van der Waals surface area (Å²) in [5.41, 5.74) is 5.82. The summed E-state index contributed by atoms with van der Waals surface area (Å²) in [5.74, 6) is 0.868. The highest BCUT2D eigenvalue weighted by Gasteiger charge is 2.22. The van der Waals surface area contributed by atoms with Crippen LogP contribution in [0.15, 0.2) is 12.4 Å². The van der Waals surface area contributed by atoms with Gasteiger partial charge in [0.2, 0.25) is 0 Å². The van der Waals surface area contributed by atoms with Crippen molar-refractivity contribution in [3.63, 3.8) is 0 Å². The molecule has 0 saturated carbocycles. The van der Waals surface area contributed by atoms with E-state index in [4.69, 9.17) is 5.73 Å². The van der Waals surface area contributed by atoms with E-state index in [-0.39, 0.29) is 12.0 Å². The second kappa shape index (κ2) is 3.89. The van der Waals surface area contributed by atoms with Gasteiger partial charge in [-0.05, 0) is 5.92 Å². The lowest BCUT2D eigenvalue weighted by Gasteiger charge is -2.21. The van der Waals surface area contributed by atoms with E-state index in [9.17, 15) is 5.11 Å². The van der Waals surface area contributed by atoms with Crippen molar-refractivity contribution < 1.29 is 5.11 Å². The van der Waals surface area contributed by atoms with Crippen LogP contribution in [-0.4, -0.2) is 20.7 Å². The second-order valence-electron chi connectivity index (χ2n) is 3.66. The molecule has 0 aliphatic carbocycles. The Hall–Kier alpha value is -0.870. The normalized spacial score (nSPS) is 16.2. The summed E-state index contributed by atoms with van der Waals surface area (Å²) in [6.45, 7) is 3.97. The van der Waals surface area contributed by atoms with Gasteiger partial charge >= 0.3 is 0 Å². The van der Waals surface area contributed by atoms with E-state index in [1.165, 1.54) is 0 Å². The number of hydrogen-bond acceptors (Lipinski definition) is 3. The third-order valence-electron chi connectivity index (χ3n) is 2.26. The Morgan fingerprint density at radius 1 is 1.54 bits per heavy atom. The monoisotopic (exact) mass is 183 g/mol. The Morgan fingerprint density at radius 3 is 2.54 bits per heavy atom. The Kier molecular flexibility index (Phi) is 3.06. The minimum Gasteiger partial charge on any atom is -0.384 e. The zero-order chi connectivity index (χ0) is 10.0. The maximum atomic E-state index is 9.82. The molecule has 1 rings (SSSR count). The first kappa shape index (κ1) is 10.2. The lowest BCUT2D eigenvalue weighted by molar-refractivity contribution is 0.114. The molecular formula is C9H17N3O. The van der Waals surface area contributed by atoms with Crippen LogP contribution in [0, 0.1) is 5.92 Å². The highest BCUT2D eigenvalue weighted by molar-refractivity contribution is 4.99. The van der Waals surface area contributed by atoms with E-state index < -0.39 is 6.10 Å². The van der Waals surface area contributed by atoms with Gasteiger partial charge < -0.3 is 15.4 Å². The highest BCUT2D eigenvalue weighted by atomic mass is 16.3. The van der Waals surface area contributed by atoms with Crippen molar-refractivity contribution in [2.75, 3.05) is 0 Å². The summed E-state index contributed by atoms with van der Waals surface area (Å²) >= 11 is 0. The standard InChI is InChI=1S/C9H17N3O/c1-6(2)7(10)8(13)9-11-4-5-12(9)3/h4-8,13H,10H2,1-3H3. The van der Waals surface area contributed by atoms with Gasteiger partial charge in [-0.2, -0.15) is 0 Å². The SMILES string of the molecule is CC(C)C(N)C(O)c1nccn1C. The molecule has 0 aliphatic heterocycles. The quantitative estimate of drug-likeness (QED) is 0.714. The second-order valence-corrected chi connectivity index (χ2v) is 3.66. The van der Waals surface area contributed by atoms with Gasteiger partial charge in [-0.15, -0.1) is 0 Å². The predicted molar refractivity (Wildman–Crippen MR) is 51.0 cm³/mol. The molecule has 4 nitrogen and oxygen atoms in total. The first-order chi connectivity index (χ1) is 6.04. The van der Waals surface area contributed by atoms with E-state index in [2.05, 4.69) is 4.98 Å². The Bertz CT molecular complexity index is 270. The average molecular weight is 183 g/mol. The number of imidazole rings is 1. The third-order valence-corrected chi connectivity index (χ3v) is 2.26. The van der Waals surface area contributed by atoms with Gasteiger partial charge in [-0.3, -0.25) is 0 Å². The predicted octanol–water partition coefficient (Wildman–Crippen LogP) is 0.437. The van der Waals surface area contributed by atoms with Crippen molar-refractivity contribution in [2.24, 2.45) is 18.7 Å². The maximum Gasteiger partial charge on any atom is 0.138 e. The van der Waals surface area contributed by atoms with E-state index >= 15 is 0 Å². The van der Waals surface area contributed by atoms with Crippen LogP contribution in [0.2, 0.25) is 0 Å². The fraction of sp³-hybridized carbons (Fsp3) is 0.667. The summed E-state index contributed by atoms with van der Waals surface area (Å²) < 4.78 is 1.78. The molecule has 2 unspecified atom stereocenters. The molecule has 3 N–H and O–H groups in total. The van der Waals surface area contributed by atoms with Gasteiger partial charge in [0, 0.05) is 25.5 Å². The molecule has 0 bridgehead atoms. The molecule has 0 fully saturated rings. The topological polar surface area (TPSA) is 64.1 Å². The van der Waals surface area contributed by atoms with Crippen LogP contribution in [0.1, 0.15) is 25.8 Å². The van der Waals surface area contributed by atoms with Gasteiger partial charge in [0.15, 0.2) is 0 Å². The molecule has 0 radical (unpaired) electrons. The van der Waals surface area contributed by atoms with Crippen molar-refractivity contribution in [3.05, 3.63) is 18.2 Å². The number of nitrogens with two attached hydrogens (primary N) is 1. The van der Waals surface area contributed by atoms with E-state index in [1.807, 2.05) is 20.9 Å². The summed E-state index contributed by atoms with van der Waals surface area (Å²) in [6.07, 6.45) is 2.77. The minimum atomic E-state index is -0.681. The van der Waals surface area contributed by atoms with E-state index in [1.54, 1.807) is 17.0 Å². The third kappa shape index (κ3) is 2.08. The number of hydrogen-bond donors (Lipinski definition) is 2. The number of rotatable bonds is 3. The largest absolute Gasteiger partial charge is 0.384 e. The van der Waals surface area contributed by atoms with Crippen LogP contribution >= 0.6 is 0 Å². The zero-order valence-electron chi connectivity index (χ0n) is 8.31. The Morgan fingerprint density at radius 2 is 2.15 bits per heavy atom. The summed E-state index contributed by atoms with van der Waals surface area (Å²) in [4.78, 5) is 4.05. The number of aliphatic hydroxyl groups is 1. The van der Waals surface area contributed by atoms with Gasteiger partial charge in [0.1, 0.15) is 11.9 Å². The number of nitrogens with zero attached hydrogens (tertiary/aromatic N) is 2. The van der Waals surface area contributed by atoms with Crippen LogP contribution in [0.5, 0.6) is 0 Å². The molecule has 13 heavy (non-hydrogen) atoms. The van der Waals surface area contributed by atoms with Gasteiger partial charge in [0.05, 0.1) is 0 Å². The molecule has 4 heteroatoms. The number of aromatic nitrogens is 2. The van der Waals surface area contributed by atoms with Crippen molar-refractivity contribution in [1.82, 2.24) is 9.55 Å². The summed E-state index contributed by atoms with van der Waals surface area (Å²) in [7, 11) is 1.85. The van der Waals surface area contributed by atoms with E-state index in [0.717, 1.165) is 0 Å². The van der Waals surface area contributed by atoms with Crippen molar-refractivity contribution in [2.45, 2.75) is 26.0 Å².